The normalized spacial score (nSPS) is 18.9. The Balaban J connectivity index is 1.64. The van der Waals surface area contributed by atoms with Gasteiger partial charge in [-0.2, -0.15) is 0 Å². The number of morpholine rings is 1. The number of nitrogens with two attached hydrogens (primary N) is 1. The highest BCUT2D eigenvalue weighted by molar-refractivity contribution is 6.04. The number of aromatic nitrogens is 2. The number of halogens is 2. The molecule has 33 heavy (non-hydrogen) atoms. The Hall–Kier alpha value is -3.30. The van der Waals surface area contributed by atoms with Crippen molar-refractivity contribution in [3.05, 3.63) is 57.7 Å². The Morgan fingerprint density at radius 2 is 2.00 bits per heavy atom. The van der Waals surface area contributed by atoms with Crippen molar-refractivity contribution in [2.24, 2.45) is 0 Å². The van der Waals surface area contributed by atoms with Crippen molar-refractivity contribution in [3.63, 3.8) is 0 Å². The number of rotatable bonds is 3. The minimum atomic E-state index is -0.693. The molecule has 2 aromatic carbocycles. The Morgan fingerprint density at radius 1 is 1.18 bits per heavy atom. The maximum Gasteiger partial charge on any atom is 0.281 e. The molecule has 0 spiro atoms. The van der Waals surface area contributed by atoms with Crippen LogP contribution in [-0.2, 0) is 4.74 Å². The van der Waals surface area contributed by atoms with Gasteiger partial charge in [0.15, 0.2) is 11.1 Å². The van der Waals surface area contributed by atoms with Crippen LogP contribution in [0.4, 0.5) is 14.5 Å². The standard InChI is InChI=1S/C24H22F2N4O3/c1-11-13(15-8-17(26)18(27)9-16(15)25)4-5-14-21(11)30(12-2-3-12)24(31)20-22(14)33-23(29-20)19-10-28-6-7-32-19/h4-5,8-9,12,19,28H,2-3,6-7,10,27H2,1H3/t19-/m0/s1. The molecule has 0 unspecified atom stereocenters. The SMILES string of the molecule is Cc1c(-c2cc(F)c(N)cc2F)ccc2c3oc([C@@H]4CNCCO4)nc3c(=O)n(C3CC3)c12. The van der Waals surface area contributed by atoms with Crippen molar-refractivity contribution in [1.82, 2.24) is 14.9 Å². The van der Waals surface area contributed by atoms with E-state index in [0.29, 0.717) is 46.7 Å². The van der Waals surface area contributed by atoms with Gasteiger partial charge in [0, 0.05) is 36.1 Å². The molecular weight excluding hydrogens is 430 g/mol. The van der Waals surface area contributed by atoms with Gasteiger partial charge in [-0.25, -0.2) is 13.8 Å². The topological polar surface area (TPSA) is 95.3 Å². The fourth-order valence-corrected chi connectivity index (χ4v) is 4.68. The van der Waals surface area contributed by atoms with E-state index in [1.807, 2.05) is 0 Å². The van der Waals surface area contributed by atoms with Crippen molar-refractivity contribution in [2.75, 3.05) is 25.4 Å². The number of hydrogen-bond donors (Lipinski definition) is 2. The molecule has 3 heterocycles. The van der Waals surface area contributed by atoms with Crippen molar-refractivity contribution in [2.45, 2.75) is 31.9 Å². The fraction of sp³-hybridized carbons (Fsp3) is 0.333. The lowest BCUT2D eigenvalue weighted by molar-refractivity contribution is 0.0119. The first-order chi connectivity index (χ1) is 15.9. The first-order valence-electron chi connectivity index (χ1n) is 11.0. The smallest absolute Gasteiger partial charge is 0.281 e. The highest BCUT2D eigenvalue weighted by atomic mass is 19.1. The Labute approximate surface area is 187 Å². The first-order valence-corrected chi connectivity index (χ1v) is 11.0. The summed E-state index contributed by atoms with van der Waals surface area (Å²) in [4.78, 5) is 18.0. The molecule has 7 nitrogen and oxygen atoms in total. The Bertz CT molecular complexity index is 1480. The lowest BCUT2D eigenvalue weighted by Gasteiger charge is -2.20. The maximum absolute atomic E-state index is 14.7. The van der Waals surface area contributed by atoms with Gasteiger partial charge in [-0.15, -0.1) is 0 Å². The first kappa shape index (κ1) is 20.3. The van der Waals surface area contributed by atoms with Crippen molar-refractivity contribution < 1.29 is 17.9 Å². The van der Waals surface area contributed by atoms with E-state index < -0.39 is 11.6 Å². The summed E-state index contributed by atoms with van der Waals surface area (Å²) in [6.45, 7) is 3.63. The summed E-state index contributed by atoms with van der Waals surface area (Å²) < 4.78 is 42.5. The number of nitrogens with one attached hydrogen (secondary N) is 1. The van der Waals surface area contributed by atoms with Crippen molar-refractivity contribution >= 4 is 27.7 Å². The molecule has 3 N–H and O–H groups in total. The van der Waals surface area contributed by atoms with E-state index in [0.717, 1.165) is 31.5 Å². The summed E-state index contributed by atoms with van der Waals surface area (Å²) >= 11 is 0. The summed E-state index contributed by atoms with van der Waals surface area (Å²) in [6, 6.07) is 5.61. The average molecular weight is 452 g/mol. The van der Waals surface area contributed by atoms with Crippen LogP contribution in [0.15, 0.2) is 33.5 Å². The summed E-state index contributed by atoms with van der Waals surface area (Å²) in [5.41, 5.74) is 7.56. The predicted octanol–water partition coefficient (Wildman–Crippen LogP) is 3.97. The highest BCUT2D eigenvalue weighted by Crippen LogP contribution is 2.41. The minimum Gasteiger partial charge on any atom is -0.437 e. The van der Waals surface area contributed by atoms with Crippen LogP contribution < -0.4 is 16.6 Å². The molecule has 0 radical (unpaired) electrons. The van der Waals surface area contributed by atoms with Gasteiger partial charge < -0.3 is 24.8 Å². The van der Waals surface area contributed by atoms with Crippen LogP contribution in [0.3, 0.4) is 0 Å². The third kappa shape index (κ3) is 3.14. The van der Waals surface area contributed by atoms with Crippen LogP contribution in [0.1, 0.15) is 36.4 Å². The number of pyridine rings is 1. The molecule has 1 saturated heterocycles. The second-order valence-corrected chi connectivity index (χ2v) is 8.69. The molecular formula is C24H22F2N4O3. The van der Waals surface area contributed by atoms with Crippen LogP contribution >= 0.6 is 0 Å². The number of fused-ring (bicyclic) bond motifs is 3. The molecule has 1 aliphatic carbocycles. The van der Waals surface area contributed by atoms with Crippen LogP contribution in [-0.4, -0.2) is 29.2 Å². The molecule has 2 aromatic heterocycles. The van der Waals surface area contributed by atoms with Crippen LogP contribution in [0, 0.1) is 18.6 Å². The Morgan fingerprint density at radius 3 is 2.73 bits per heavy atom. The lowest BCUT2D eigenvalue weighted by Crippen LogP contribution is -2.33. The van der Waals surface area contributed by atoms with Gasteiger partial charge in [0.05, 0.1) is 17.8 Å². The predicted molar refractivity (Wildman–Crippen MR) is 120 cm³/mol. The molecule has 6 rings (SSSR count). The van der Waals surface area contributed by atoms with Crippen LogP contribution in [0.5, 0.6) is 0 Å². The average Bonchev–Trinajstić information content (AvgIpc) is 3.54. The monoisotopic (exact) mass is 452 g/mol. The van der Waals surface area contributed by atoms with Gasteiger partial charge in [0.2, 0.25) is 5.89 Å². The zero-order chi connectivity index (χ0) is 22.9. The molecule has 1 atom stereocenters. The van der Waals surface area contributed by atoms with E-state index in [1.165, 1.54) is 0 Å². The van der Waals surface area contributed by atoms with E-state index >= 15 is 0 Å². The molecule has 4 aromatic rings. The molecule has 9 heteroatoms. The zero-order valence-electron chi connectivity index (χ0n) is 18.0. The van der Waals surface area contributed by atoms with Gasteiger partial charge in [0.25, 0.3) is 5.56 Å². The van der Waals surface area contributed by atoms with E-state index in [1.54, 1.807) is 23.6 Å². The number of aryl methyl sites for hydroxylation is 1. The number of nitrogen functional groups attached to an aromatic ring is 1. The van der Waals surface area contributed by atoms with E-state index in [-0.39, 0.29) is 34.5 Å². The third-order valence-corrected chi connectivity index (χ3v) is 6.47. The van der Waals surface area contributed by atoms with Crippen molar-refractivity contribution in [1.29, 1.82) is 0 Å². The molecule has 0 bridgehead atoms. The minimum absolute atomic E-state index is 0.0408. The fourth-order valence-electron chi connectivity index (χ4n) is 4.68. The molecule has 1 aliphatic heterocycles. The van der Waals surface area contributed by atoms with Crippen LogP contribution in [0.25, 0.3) is 33.1 Å². The lowest BCUT2D eigenvalue weighted by atomic mass is 9.96. The molecule has 1 saturated carbocycles. The van der Waals surface area contributed by atoms with Gasteiger partial charge in [0.1, 0.15) is 17.7 Å². The summed E-state index contributed by atoms with van der Waals surface area (Å²) in [5, 5.41) is 3.94. The summed E-state index contributed by atoms with van der Waals surface area (Å²) in [7, 11) is 0. The molecule has 170 valence electrons. The summed E-state index contributed by atoms with van der Waals surface area (Å²) in [5.74, 6) is -0.957. The number of ether oxygens (including phenoxy) is 1. The second kappa shape index (κ2) is 7.36. The molecule has 2 fully saturated rings. The van der Waals surface area contributed by atoms with Crippen LogP contribution in [0.2, 0.25) is 0 Å². The van der Waals surface area contributed by atoms with E-state index in [4.69, 9.17) is 14.9 Å². The second-order valence-electron chi connectivity index (χ2n) is 8.69. The summed E-state index contributed by atoms with van der Waals surface area (Å²) in [6.07, 6.45) is 1.37. The Kier molecular flexibility index (Phi) is 4.53. The maximum atomic E-state index is 14.7. The van der Waals surface area contributed by atoms with Gasteiger partial charge in [-0.05, 0) is 43.0 Å². The quantitative estimate of drug-likeness (QED) is 0.457. The number of benzene rings is 2. The number of nitrogens with zero attached hydrogens (tertiary/aromatic N) is 2. The highest BCUT2D eigenvalue weighted by Gasteiger charge is 2.31. The van der Waals surface area contributed by atoms with Crippen molar-refractivity contribution in [3.8, 4) is 11.1 Å². The van der Waals surface area contributed by atoms with E-state index in [2.05, 4.69) is 10.3 Å². The number of oxazole rings is 1. The van der Waals surface area contributed by atoms with Gasteiger partial charge >= 0.3 is 0 Å². The number of hydrogen-bond acceptors (Lipinski definition) is 6. The van der Waals surface area contributed by atoms with E-state index in [9.17, 15) is 13.6 Å². The van der Waals surface area contributed by atoms with Gasteiger partial charge in [-0.1, -0.05) is 6.07 Å². The zero-order valence-corrected chi connectivity index (χ0v) is 18.0. The molecule has 0 amide bonds. The molecule has 2 aliphatic rings. The third-order valence-electron chi connectivity index (χ3n) is 6.47. The van der Waals surface area contributed by atoms with Gasteiger partial charge in [-0.3, -0.25) is 4.79 Å². The largest absolute Gasteiger partial charge is 0.437 e. The number of anilines is 1.